The molecule has 0 unspecified atom stereocenters. The third-order valence-electron chi connectivity index (χ3n) is 3.68. The summed E-state index contributed by atoms with van der Waals surface area (Å²) < 4.78 is 0. The summed E-state index contributed by atoms with van der Waals surface area (Å²) in [6.45, 7) is 0.740. The van der Waals surface area contributed by atoms with E-state index in [2.05, 4.69) is 4.98 Å². The largest absolute Gasteiger partial charge is 0.358 e. The van der Waals surface area contributed by atoms with E-state index in [0.717, 1.165) is 36.7 Å². The van der Waals surface area contributed by atoms with Crippen molar-refractivity contribution in [3.8, 4) is 0 Å². The van der Waals surface area contributed by atoms with Crippen LogP contribution in [-0.4, -0.2) is 11.5 Å². The van der Waals surface area contributed by atoms with Gasteiger partial charge < -0.3 is 10.7 Å². The Bertz CT molecular complexity index is 574. The molecule has 2 nitrogen and oxygen atoms in total. The van der Waals surface area contributed by atoms with Crippen LogP contribution in [0.2, 0.25) is 10.0 Å². The molecule has 1 aliphatic rings. The van der Waals surface area contributed by atoms with Crippen LogP contribution in [0.4, 0.5) is 0 Å². The van der Waals surface area contributed by atoms with Crippen LogP contribution in [0, 0.1) is 5.92 Å². The predicted molar refractivity (Wildman–Crippen MR) is 72.9 cm³/mol. The molecule has 2 aromatic rings. The molecule has 3 N–H and O–H groups in total. The van der Waals surface area contributed by atoms with Gasteiger partial charge in [-0.2, -0.15) is 0 Å². The number of nitrogens with two attached hydrogens (primary N) is 1. The zero-order chi connectivity index (χ0) is 12.0. The van der Waals surface area contributed by atoms with Crippen LogP contribution in [0.5, 0.6) is 0 Å². The molecule has 90 valence electrons. The lowest BCUT2D eigenvalue weighted by atomic mass is 9.86. The van der Waals surface area contributed by atoms with E-state index in [-0.39, 0.29) is 0 Å². The van der Waals surface area contributed by atoms with Gasteiger partial charge in [-0.05, 0) is 49.4 Å². The Kier molecular flexibility index (Phi) is 2.81. The van der Waals surface area contributed by atoms with Crippen LogP contribution in [0.15, 0.2) is 12.1 Å². The van der Waals surface area contributed by atoms with Gasteiger partial charge in [0.15, 0.2) is 0 Å². The second-order valence-corrected chi connectivity index (χ2v) is 5.50. The Morgan fingerprint density at radius 3 is 2.94 bits per heavy atom. The Labute approximate surface area is 110 Å². The van der Waals surface area contributed by atoms with Crippen LogP contribution < -0.4 is 5.73 Å². The van der Waals surface area contributed by atoms with Crippen molar-refractivity contribution in [2.75, 3.05) is 6.54 Å². The Morgan fingerprint density at radius 1 is 1.35 bits per heavy atom. The molecule has 0 radical (unpaired) electrons. The summed E-state index contributed by atoms with van der Waals surface area (Å²) in [4.78, 5) is 3.44. The zero-order valence-electron chi connectivity index (χ0n) is 9.39. The highest BCUT2D eigenvalue weighted by Gasteiger charge is 2.23. The maximum absolute atomic E-state index is 6.31. The van der Waals surface area contributed by atoms with Gasteiger partial charge in [-0.25, -0.2) is 0 Å². The minimum absolute atomic E-state index is 0.566. The van der Waals surface area contributed by atoms with Gasteiger partial charge >= 0.3 is 0 Å². The number of fused-ring (bicyclic) bond motifs is 3. The number of benzene rings is 1. The van der Waals surface area contributed by atoms with Gasteiger partial charge in [0.1, 0.15) is 0 Å². The highest BCUT2D eigenvalue weighted by atomic mass is 35.5. The number of H-pyrrole nitrogens is 1. The predicted octanol–water partition coefficient (Wildman–Crippen LogP) is 3.54. The maximum atomic E-state index is 6.31. The minimum Gasteiger partial charge on any atom is -0.358 e. The van der Waals surface area contributed by atoms with E-state index in [0.29, 0.717) is 16.0 Å². The molecule has 0 fully saturated rings. The highest BCUT2D eigenvalue weighted by molar-refractivity contribution is 6.45. The Morgan fingerprint density at radius 2 is 2.18 bits per heavy atom. The standard InChI is InChI=1S/C13H14Cl2N2/c14-9-2-4-11-12(13(9)15)8-5-7(6-16)1-3-10(8)17-11/h2,4,7,17H,1,3,5-6,16H2/t7-/m1/s1. The van der Waals surface area contributed by atoms with Gasteiger partial charge in [-0.1, -0.05) is 23.2 Å². The van der Waals surface area contributed by atoms with Crippen molar-refractivity contribution >= 4 is 34.1 Å². The highest BCUT2D eigenvalue weighted by Crippen LogP contribution is 2.38. The van der Waals surface area contributed by atoms with E-state index in [1.807, 2.05) is 12.1 Å². The first-order chi connectivity index (χ1) is 8.20. The minimum atomic E-state index is 0.566. The van der Waals surface area contributed by atoms with Gasteiger partial charge in [0, 0.05) is 16.6 Å². The first-order valence-electron chi connectivity index (χ1n) is 5.88. The van der Waals surface area contributed by atoms with Crippen molar-refractivity contribution < 1.29 is 0 Å². The quantitative estimate of drug-likeness (QED) is 0.816. The number of aryl methyl sites for hydroxylation is 1. The molecule has 0 spiro atoms. The summed E-state index contributed by atoms with van der Waals surface area (Å²) in [5.41, 5.74) is 9.47. The number of aromatic amines is 1. The third-order valence-corrected chi connectivity index (χ3v) is 4.48. The number of hydrogen-bond acceptors (Lipinski definition) is 1. The van der Waals surface area contributed by atoms with E-state index in [9.17, 15) is 0 Å². The molecule has 1 aliphatic carbocycles. The van der Waals surface area contributed by atoms with Crippen molar-refractivity contribution in [2.45, 2.75) is 19.3 Å². The van der Waals surface area contributed by atoms with Gasteiger partial charge in [-0.15, -0.1) is 0 Å². The molecular weight excluding hydrogens is 255 g/mol. The van der Waals surface area contributed by atoms with Gasteiger partial charge in [0.05, 0.1) is 10.0 Å². The fourth-order valence-electron chi connectivity index (χ4n) is 2.72. The molecule has 1 aromatic carbocycles. The van der Waals surface area contributed by atoms with Crippen LogP contribution in [-0.2, 0) is 12.8 Å². The lowest BCUT2D eigenvalue weighted by Crippen LogP contribution is -2.21. The molecule has 0 bridgehead atoms. The van der Waals surface area contributed by atoms with Crippen LogP contribution in [0.1, 0.15) is 17.7 Å². The first-order valence-corrected chi connectivity index (χ1v) is 6.63. The van der Waals surface area contributed by atoms with E-state index in [1.165, 1.54) is 11.3 Å². The summed E-state index contributed by atoms with van der Waals surface area (Å²) in [5, 5.41) is 2.38. The lowest BCUT2D eigenvalue weighted by molar-refractivity contribution is 0.468. The number of hydrogen-bond donors (Lipinski definition) is 2. The Balaban J connectivity index is 2.22. The smallest absolute Gasteiger partial charge is 0.0688 e. The van der Waals surface area contributed by atoms with Crippen molar-refractivity contribution in [1.82, 2.24) is 4.98 Å². The van der Waals surface area contributed by atoms with Crippen LogP contribution >= 0.6 is 23.2 Å². The molecule has 4 heteroatoms. The summed E-state index contributed by atoms with van der Waals surface area (Å²) in [6, 6.07) is 3.84. The number of rotatable bonds is 1. The first kappa shape index (κ1) is 11.4. The van der Waals surface area contributed by atoms with Crippen LogP contribution in [0.25, 0.3) is 10.9 Å². The fraction of sp³-hybridized carbons (Fsp3) is 0.385. The molecule has 0 saturated carbocycles. The second-order valence-electron chi connectivity index (χ2n) is 4.71. The monoisotopic (exact) mass is 268 g/mol. The summed E-state index contributed by atoms with van der Waals surface area (Å²) in [7, 11) is 0. The van der Waals surface area contributed by atoms with Gasteiger partial charge in [-0.3, -0.25) is 0 Å². The molecule has 0 aliphatic heterocycles. The van der Waals surface area contributed by atoms with E-state index < -0.39 is 0 Å². The molecule has 0 amide bonds. The molecule has 17 heavy (non-hydrogen) atoms. The van der Waals surface area contributed by atoms with Crippen LogP contribution in [0.3, 0.4) is 0 Å². The number of halogens is 2. The molecule has 1 aromatic heterocycles. The van der Waals surface area contributed by atoms with Gasteiger partial charge in [0.25, 0.3) is 0 Å². The molecule has 1 atom stereocenters. The second kappa shape index (κ2) is 4.20. The zero-order valence-corrected chi connectivity index (χ0v) is 10.9. The maximum Gasteiger partial charge on any atom is 0.0688 e. The van der Waals surface area contributed by atoms with Gasteiger partial charge in [0.2, 0.25) is 0 Å². The third kappa shape index (κ3) is 1.75. The van der Waals surface area contributed by atoms with Crippen molar-refractivity contribution in [3.05, 3.63) is 33.4 Å². The SMILES string of the molecule is NC[C@@H]1CCc2[nH]c3ccc(Cl)c(Cl)c3c2C1. The van der Waals surface area contributed by atoms with E-state index >= 15 is 0 Å². The average molecular weight is 269 g/mol. The molecule has 0 saturated heterocycles. The molecule has 3 rings (SSSR count). The van der Waals surface area contributed by atoms with Crippen molar-refractivity contribution in [1.29, 1.82) is 0 Å². The van der Waals surface area contributed by atoms with E-state index in [1.54, 1.807) is 0 Å². The van der Waals surface area contributed by atoms with Crippen molar-refractivity contribution in [3.63, 3.8) is 0 Å². The topological polar surface area (TPSA) is 41.8 Å². The average Bonchev–Trinajstić information content (AvgIpc) is 2.71. The number of aromatic nitrogens is 1. The fourth-order valence-corrected chi connectivity index (χ4v) is 3.15. The molecule has 1 heterocycles. The lowest BCUT2D eigenvalue weighted by Gasteiger charge is -2.20. The number of nitrogens with one attached hydrogen (secondary N) is 1. The van der Waals surface area contributed by atoms with Crippen molar-refractivity contribution in [2.24, 2.45) is 11.7 Å². The summed E-state index contributed by atoms with van der Waals surface area (Å²) >= 11 is 12.4. The summed E-state index contributed by atoms with van der Waals surface area (Å²) in [6.07, 6.45) is 3.22. The summed E-state index contributed by atoms with van der Waals surface area (Å²) in [5.74, 6) is 0.566. The Hall–Kier alpha value is -0.700. The van der Waals surface area contributed by atoms with E-state index in [4.69, 9.17) is 28.9 Å². The normalized spacial score (nSPS) is 19.6. The molecular formula is C13H14Cl2N2.